The molecule has 0 bridgehead atoms. The maximum atomic E-state index is 11.6. The fourth-order valence-corrected chi connectivity index (χ4v) is 1.71. The van der Waals surface area contributed by atoms with Crippen molar-refractivity contribution in [2.45, 2.75) is 13.0 Å². The first-order chi connectivity index (χ1) is 9.16. The molecular formula is C12H22N2O5. The number of carbonyl (C=O) groups excluding carboxylic acids is 2. The summed E-state index contributed by atoms with van der Waals surface area (Å²) < 4.78 is 15.4. The largest absolute Gasteiger partial charge is 0.382 e. The van der Waals surface area contributed by atoms with Crippen LogP contribution in [0.1, 0.15) is 6.92 Å². The Hall–Kier alpha value is -1.18. The lowest BCUT2D eigenvalue weighted by atomic mass is 10.2. The first-order valence-electron chi connectivity index (χ1n) is 6.38. The summed E-state index contributed by atoms with van der Waals surface area (Å²) in [6.07, 6.45) is 0. The predicted octanol–water partition coefficient (Wildman–Crippen LogP) is -0.987. The summed E-state index contributed by atoms with van der Waals surface area (Å²) in [5, 5.41) is 2.54. The number of hydrogen-bond acceptors (Lipinski definition) is 5. The molecule has 1 saturated heterocycles. The van der Waals surface area contributed by atoms with E-state index in [0.717, 1.165) is 0 Å². The second-order valence-electron chi connectivity index (χ2n) is 4.20. The Morgan fingerprint density at radius 1 is 1.16 bits per heavy atom. The summed E-state index contributed by atoms with van der Waals surface area (Å²) in [5.41, 5.74) is 0. The molecule has 1 heterocycles. The van der Waals surface area contributed by atoms with Crippen molar-refractivity contribution in [3.05, 3.63) is 0 Å². The molecule has 0 aliphatic carbocycles. The second-order valence-corrected chi connectivity index (χ2v) is 4.20. The number of nitrogens with one attached hydrogen (secondary N) is 1. The minimum atomic E-state index is -0.428. The number of hydrogen-bond donors (Lipinski definition) is 1. The molecule has 0 aromatic rings. The summed E-state index contributed by atoms with van der Waals surface area (Å²) in [6.45, 7) is 4.67. The number of carbonyl (C=O) groups is 2. The van der Waals surface area contributed by atoms with Gasteiger partial charge in [0.15, 0.2) is 0 Å². The maximum Gasteiger partial charge on any atom is 0.242 e. The van der Waals surface area contributed by atoms with Crippen LogP contribution in [0.5, 0.6) is 0 Å². The third-order valence-electron chi connectivity index (χ3n) is 2.86. The van der Waals surface area contributed by atoms with Crippen LogP contribution < -0.4 is 5.32 Å². The lowest BCUT2D eigenvalue weighted by Gasteiger charge is -2.32. The molecule has 1 aliphatic heterocycles. The molecule has 1 atom stereocenters. The van der Waals surface area contributed by atoms with E-state index in [9.17, 15) is 9.59 Å². The van der Waals surface area contributed by atoms with Crippen LogP contribution in [0.4, 0.5) is 0 Å². The van der Waals surface area contributed by atoms with Crippen LogP contribution in [0.15, 0.2) is 0 Å². The van der Waals surface area contributed by atoms with Crippen LogP contribution in [0.25, 0.3) is 0 Å². The van der Waals surface area contributed by atoms with Gasteiger partial charge in [-0.25, -0.2) is 0 Å². The maximum absolute atomic E-state index is 11.6. The van der Waals surface area contributed by atoms with Crippen LogP contribution in [-0.2, 0) is 23.8 Å². The molecule has 1 aliphatic rings. The van der Waals surface area contributed by atoms with E-state index in [4.69, 9.17) is 14.2 Å². The molecule has 2 amide bonds. The highest BCUT2D eigenvalue weighted by Gasteiger charge is 2.30. The minimum absolute atomic E-state index is 0.0727. The average molecular weight is 274 g/mol. The zero-order valence-corrected chi connectivity index (χ0v) is 11.5. The van der Waals surface area contributed by atoms with Crippen molar-refractivity contribution >= 4 is 11.8 Å². The molecule has 0 radical (unpaired) electrons. The topological polar surface area (TPSA) is 77.1 Å². The average Bonchev–Trinajstić information content (AvgIpc) is 2.40. The van der Waals surface area contributed by atoms with Gasteiger partial charge in [0.2, 0.25) is 11.8 Å². The molecule has 0 spiro atoms. The van der Waals surface area contributed by atoms with Crippen LogP contribution >= 0.6 is 0 Å². The number of nitrogens with zero attached hydrogens (tertiary/aromatic N) is 1. The van der Waals surface area contributed by atoms with Crippen LogP contribution in [0, 0.1) is 0 Å². The van der Waals surface area contributed by atoms with Crippen molar-refractivity contribution in [3.8, 4) is 0 Å². The molecular weight excluding hydrogens is 252 g/mol. The number of piperazine rings is 1. The highest BCUT2D eigenvalue weighted by molar-refractivity contribution is 5.94. The zero-order valence-electron chi connectivity index (χ0n) is 11.5. The number of methoxy groups -OCH3 is 1. The fraction of sp³-hybridized carbons (Fsp3) is 0.833. The van der Waals surface area contributed by atoms with E-state index < -0.39 is 6.04 Å². The van der Waals surface area contributed by atoms with E-state index in [0.29, 0.717) is 39.6 Å². The fourth-order valence-electron chi connectivity index (χ4n) is 1.71. The molecule has 7 heteroatoms. The standard InChI is InChI=1S/C12H22N2O5/c1-10-12(16)13-9-11(15)14(10)3-4-18-7-8-19-6-5-17-2/h10H,3-9H2,1-2H3,(H,13,16). The Bertz CT molecular complexity index is 298. The predicted molar refractivity (Wildman–Crippen MR) is 67.7 cm³/mol. The second kappa shape index (κ2) is 8.84. The van der Waals surface area contributed by atoms with E-state index in [1.807, 2.05) is 0 Å². The van der Waals surface area contributed by atoms with Gasteiger partial charge >= 0.3 is 0 Å². The lowest BCUT2D eigenvalue weighted by molar-refractivity contribution is -0.145. The van der Waals surface area contributed by atoms with Crippen molar-refractivity contribution < 1.29 is 23.8 Å². The van der Waals surface area contributed by atoms with E-state index in [-0.39, 0.29) is 18.4 Å². The van der Waals surface area contributed by atoms with E-state index in [1.165, 1.54) is 4.90 Å². The van der Waals surface area contributed by atoms with Crippen molar-refractivity contribution in [1.29, 1.82) is 0 Å². The summed E-state index contributed by atoms with van der Waals surface area (Å²) in [6, 6.07) is -0.428. The van der Waals surface area contributed by atoms with Crippen molar-refractivity contribution in [2.75, 3.05) is 53.2 Å². The van der Waals surface area contributed by atoms with Gasteiger partial charge in [-0.15, -0.1) is 0 Å². The van der Waals surface area contributed by atoms with E-state index in [2.05, 4.69) is 5.32 Å². The van der Waals surface area contributed by atoms with Gasteiger partial charge in [0.25, 0.3) is 0 Å². The minimum Gasteiger partial charge on any atom is -0.382 e. The Labute approximate surface area is 113 Å². The van der Waals surface area contributed by atoms with Gasteiger partial charge in [0.1, 0.15) is 6.04 Å². The number of rotatable bonds is 9. The SMILES string of the molecule is COCCOCCOCCN1C(=O)CNC(=O)C1C. The summed E-state index contributed by atoms with van der Waals surface area (Å²) in [5.74, 6) is -0.199. The molecule has 1 rings (SSSR count). The highest BCUT2D eigenvalue weighted by Crippen LogP contribution is 2.04. The molecule has 7 nitrogen and oxygen atoms in total. The number of amides is 2. The van der Waals surface area contributed by atoms with Gasteiger partial charge in [0, 0.05) is 13.7 Å². The molecule has 1 fully saturated rings. The third-order valence-corrected chi connectivity index (χ3v) is 2.86. The Balaban J connectivity index is 2.08. The van der Waals surface area contributed by atoms with Gasteiger partial charge in [-0.05, 0) is 6.92 Å². The molecule has 1 N–H and O–H groups in total. The molecule has 110 valence electrons. The van der Waals surface area contributed by atoms with Crippen LogP contribution in [0.2, 0.25) is 0 Å². The molecule has 1 unspecified atom stereocenters. The van der Waals surface area contributed by atoms with Crippen molar-refractivity contribution in [1.82, 2.24) is 10.2 Å². The van der Waals surface area contributed by atoms with Gasteiger partial charge < -0.3 is 24.4 Å². The lowest BCUT2D eigenvalue weighted by Crippen LogP contribution is -2.57. The van der Waals surface area contributed by atoms with E-state index in [1.54, 1.807) is 14.0 Å². The van der Waals surface area contributed by atoms with Crippen molar-refractivity contribution in [2.24, 2.45) is 0 Å². The molecule has 0 aromatic carbocycles. The quantitative estimate of drug-likeness (QED) is 0.546. The zero-order chi connectivity index (χ0) is 14.1. The van der Waals surface area contributed by atoms with Gasteiger partial charge in [-0.2, -0.15) is 0 Å². The molecule has 19 heavy (non-hydrogen) atoms. The smallest absolute Gasteiger partial charge is 0.242 e. The van der Waals surface area contributed by atoms with Gasteiger partial charge in [-0.3, -0.25) is 9.59 Å². The first kappa shape index (κ1) is 15.9. The molecule has 0 saturated carbocycles. The Kier molecular flexibility index (Phi) is 7.39. The van der Waals surface area contributed by atoms with Gasteiger partial charge in [-0.1, -0.05) is 0 Å². The molecule has 0 aromatic heterocycles. The Morgan fingerprint density at radius 3 is 2.47 bits per heavy atom. The van der Waals surface area contributed by atoms with E-state index >= 15 is 0 Å². The highest BCUT2D eigenvalue weighted by atomic mass is 16.5. The van der Waals surface area contributed by atoms with Gasteiger partial charge in [0.05, 0.1) is 39.6 Å². The monoisotopic (exact) mass is 274 g/mol. The summed E-state index contributed by atoms with van der Waals surface area (Å²) in [4.78, 5) is 24.5. The van der Waals surface area contributed by atoms with Crippen LogP contribution in [0.3, 0.4) is 0 Å². The Morgan fingerprint density at radius 2 is 1.79 bits per heavy atom. The van der Waals surface area contributed by atoms with Crippen LogP contribution in [-0.4, -0.2) is 76.0 Å². The third kappa shape index (κ3) is 5.54. The summed E-state index contributed by atoms with van der Waals surface area (Å²) in [7, 11) is 1.62. The van der Waals surface area contributed by atoms with Crippen molar-refractivity contribution in [3.63, 3.8) is 0 Å². The normalized spacial score (nSPS) is 19.7. The first-order valence-corrected chi connectivity index (χ1v) is 6.38. The summed E-state index contributed by atoms with van der Waals surface area (Å²) >= 11 is 0. The number of ether oxygens (including phenoxy) is 3.